The molecule has 0 saturated carbocycles. The number of aromatic nitrogens is 2. The Bertz CT molecular complexity index is 837. The smallest absolute Gasteiger partial charge is 0.206 e. The summed E-state index contributed by atoms with van der Waals surface area (Å²) in [6.45, 7) is 2.49. The van der Waals surface area contributed by atoms with E-state index in [0.29, 0.717) is 17.2 Å². The van der Waals surface area contributed by atoms with Crippen LogP contribution in [0.4, 0.5) is 9.52 Å². The molecule has 3 rings (SSSR count). The first-order chi connectivity index (χ1) is 12.1. The molecule has 25 heavy (non-hydrogen) atoms. The van der Waals surface area contributed by atoms with E-state index in [1.54, 1.807) is 0 Å². The number of halogens is 1. The summed E-state index contributed by atoms with van der Waals surface area (Å²) in [4.78, 5) is 12.4. The molecule has 0 spiro atoms. The molecule has 0 bridgehead atoms. The predicted molar refractivity (Wildman–Crippen MR) is 99.7 cm³/mol. The van der Waals surface area contributed by atoms with Crippen LogP contribution in [0.5, 0.6) is 0 Å². The van der Waals surface area contributed by atoms with Crippen molar-refractivity contribution < 1.29 is 9.18 Å². The minimum absolute atomic E-state index is 0.0565. The predicted octanol–water partition coefficient (Wildman–Crippen LogP) is 4.65. The zero-order valence-corrected chi connectivity index (χ0v) is 15.1. The number of carbonyl (C=O) groups excluding carboxylic acids is 1. The maximum absolute atomic E-state index is 13.0. The van der Waals surface area contributed by atoms with Crippen molar-refractivity contribution in [1.82, 2.24) is 10.2 Å². The van der Waals surface area contributed by atoms with E-state index in [1.165, 1.54) is 47.4 Å². The Kier molecular flexibility index (Phi) is 5.78. The maximum Gasteiger partial charge on any atom is 0.206 e. The lowest BCUT2D eigenvalue weighted by Crippen LogP contribution is -2.13. The van der Waals surface area contributed by atoms with E-state index in [4.69, 9.17) is 0 Å². The summed E-state index contributed by atoms with van der Waals surface area (Å²) < 4.78 is 13.7. The molecule has 1 heterocycles. The second kappa shape index (κ2) is 8.22. The van der Waals surface area contributed by atoms with E-state index in [1.807, 2.05) is 37.3 Å². The van der Waals surface area contributed by atoms with Crippen molar-refractivity contribution in [2.75, 3.05) is 5.32 Å². The first kappa shape index (κ1) is 17.6. The largest absolute Gasteiger partial charge is 0.356 e. The van der Waals surface area contributed by atoms with E-state index in [2.05, 4.69) is 15.5 Å². The molecular weight excluding hydrogens is 357 g/mol. The molecule has 0 aliphatic rings. The Morgan fingerprint density at radius 2 is 1.88 bits per heavy atom. The molecule has 1 N–H and O–H groups in total. The van der Waals surface area contributed by atoms with E-state index in [-0.39, 0.29) is 16.9 Å². The Morgan fingerprint density at radius 3 is 2.60 bits per heavy atom. The van der Waals surface area contributed by atoms with Crippen LogP contribution in [0.2, 0.25) is 0 Å². The van der Waals surface area contributed by atoms with E-state index in [9.17, 15) is 9.18 Å². The molecule has 0 amide bonds. The van der Waals surface area contributed by atoms with Gasteiger partial charge >= 0.3 is 0 Å². The highest BCUT2D eigenvalue weighted by molar-refractivity contribution is 8.02. The van der Waals surface area contributed by atoms with Gasteiger partial charge in [0.25, 0.3) is 0 Å². The zero-order valence-electron chi connectivity index (χ0n) is 13.5. The van der Waals surface area contributed by atoms with Gasteiger partial charge in [-0.2, -0.15) is 0 Å². The Balaban J connectivity index is 1.57. The summed E-state index contributed by atoms with van der Waals surface area (Å²) in [5.41, 5.74) is 1.65. The number of nitrogens with zero attached hydrogens (tertiary/aromatic N) is 2. The van der Waals surface area contributed by atoms with Crippen LogP contribution in [-0.4, -0.2) is 21.2 Å². The van der Waals surface area contributed by atoms with Gasteiger partial charge in [-0.1, -0.05) is 53.4 Å². The second-order valence-electron chi connectivity index (χ2n) is 5.34. The lowest BCUT2D eigenvalue weighted by atomic mass is 10.1. The van der Waals surface area contributed by atoms with Gasteiger partial charge < -0.3 is 5.32 Å². The van der Waals surface area contributed by atoms with Gasteiger partial charge in [-0.25, -0.2) is 4.39 Å². The number of benzene rings is 2. The summed E-state index contributed by atoms with van der Waals surface area (Å²) in [5, 5.41) is 11.8. The number of ketones is 1. The molecule has 2 aromatic carbocycles. The van der Waals surface area contributed by atoms with Crippen molar-refractivity contribution in [2.45, 2.75) is 23.1 Å². The second-order valence-corrected chi connectivity index (χ2v) is 7.91. The molecule has 3 aromatic rings. The maximum atomic E-state index is 13.0. The van der Waals surface area contributed by atoms with Crippen LogP contribution in [0.1, 0.15) is 22.8 Å². The van der Waals surface area contributed by atoms with Gasteiger partial charge in [0.05, 0.1) is 5.25 Å². The van der Waals surface area contributed by atoms with Crippen LogP contribution in [0.25, 0.3) is 0 Å². The van der Waals surface area contributed by atoms with E-state index >= 15 is 0 Å². The average molecular weight is 373 g/mol. The molecule has 0 fully saturated rings. The summed E-state index contributed by atoms with van der Waals surface area (Å²) in [5.74, 6) is -0.408. The first-order valence-electron chi connectivity index (χ1n) is 7.69. The van der Waals surface area contributed by atoms with E-state index < -0.39 is 0 Å². The van der Waals surface area contributed by atoms with Crippen LogP contribution in [0, 0.1) is 5.82 Å². The Morgan fingerprint density at radius 1 is 1.16 bits per heavy atom. The number of anilines is 1. The van der Waals surface area contributed by atoms with Crippen molar-refractivity contribution in [1.29, 1.82) is 0 Å². The van der Waals surface area contributed by atoms with Gasteiger partial charge in [-0.3, -0.25) is 4.79 Å². The monoisotopic (exact) mass is 373 g/mol. The van der Waals surface area contributed by atoms with Crippen molar-refractivity contribution in [2.24, 2.45) is 0 Å². The molecular formula is C18H16FN3OS2. The topological polar surface area (TPSA) is 54.9 Å². The summed E-state index contributed by atoms with van der Waals surface area (Å²) in [6, 6.07) is 15.6. The summed E-state index contributed by atoms with van der Waals surface area (Å²) in [7, 11) is 0. The highest BCUT2D eigenvalue weighted by Crippen LogP contribution is 2.30. The minimum atomic E-state index is -0.352. The fourth-order valence-electron chi connectivity index (χ4n) is 2.16. The molecule has 0 aliphatic carbocycles. The third kappa shape index (κ3) is 4.87. The fourth-order valence-corrected chi connectivity index (χ4v) is 4.12. The van der Waals surface area contributed by atoms with Crippen LogP contribution in [0.3, 0.4) is 0 Å². The fraction of sp³-hybridized carbons (Fsp3) is 0.167. The number of nitrogens with one attached hydrogen (secondary N) is 1. The number of thioether (sulfide) groups is 1. The van der Waals surface area contributed by atoms with Gasteiger partial charge in [-0.15, -0.1) is 10.2 Å². The van der Waals surface area contributed by atoms with Crippen molar-refractivity contribution in [3.8, 4) is 0 Å². The van der Waals surface area contributed by atoms with Crippen LogP contribution in [-0.2, 0) is 6.54 Å². The minimum Gasteiger partial charge on any atom is -0.356 e. The molecule has 1 atom stereocenters. The molecule has 0 radical (unpaired) electrons. The van der Waals surface area contributed by atoms with Crippen LogP contribution >= 0.6 is 23.1 Å². The van der Waals surface area contributed by atoms with Gasteiger partial charge in [0.15, 0.2) is 10.1 Å². The van der Waals surface area contributed by atoms with Crippen LogP contribution in [0.15, 0.2) is 58.9 Å². The summed E-state index contributed by atoms with van der Waals surface area (Å²) >= 11 is 2.77. The standard InChI is InChI=1S/C18H16FN3OS2/c1-12(16(23)14-7-9-15(19)10-8-14)24-18-22-21-17(25-18)20-11-13-5-3-2-4-6-13/h2-10,12H,11H2,1H3,(H,20,21)/t12-/m1/s1. The van der Waals surface area contributed by atoms with Gasteiger partial charge in [0.1, 0.15) is 5.82 Å². The average Bonchev–Trinajstić information content (AvgIpc) is 3.08. The zero-order chi connectivity index (χ0) is 17.6. The number of rotatable bonds is 7. The molecule has 7 heteroatoms. The van der Waals surface area contributed by atoms with E-state index in [0.717, 1.165) is 9.90 Å². The molecule has 0 saturated heterocycles. The number of hydrogen-bond acceptors (Lipinski definition) is 6. The van der Waals surface area contributed by atoms with Gasteiger partial charge in [0, 0.05) is 12.1 Å². The molecule has 128 valence electrons. The molecule has 1 aromatic heterocycles. The molecule has 0 aliphatic heterocycles. The number of hydrogen-bond donors (Lipinski definition) is 1. The van der Waals surface area contributed by atoms with Crippen molar-refractivity contribution in [3.63, 3.8) is 0 Å². The van der Waals surface area contributed by atoms with Gasteiger partial charge in [0.2, 0.25) is 5.13 Å². The lowest BCUT2D eigenvalue weighted by molar-refractivity contribution is 0.0994. The van der Waals surface area contributed by atoms with Gasteiger partial charge in [-0.05, 0) is 36.8 Å². The highest BCUT2D eigenvalue weighted by atomic mass is 32.2. The Hall–Kier alpha value is -2.25. The molecule has 0 unspecified atom stereocenters. The number of Topliss-reactive ketones (excluding diaryl/α,β-unsaturated/α-hetero) is 1. The quantitative estimate of drug-likeness (QED) is 0.482. The SMILES string of the molecule is C[C@@H](Sc1nnc(NCc2ccccc2)s1)C(=O)c1ccc(F)cc1. The van der Waals surface area contributed by atoms with Crippen molar-refractivity contribution in [3.05, 3.63) is 71.5 Å². The Labute approximate surface area is 153 Å². The van der Waals surface area contributed by atoms with Crippen molar-refractivity contribution >= 4 is 34.0 Å². The normalized spacial score (nSPS) is 11.9. The number of carbonyl (C=O) groups is 1. The third-order valence-electron chi connectivity index (χ3n) is 3.47. The first-order valence-corrected chi connectivity index (χ1v) is 9.39. The summed E-state index contributed by atoms with van der Waals surface area (Å²) in [6.07, 6.45) is 0. The van der Waals surface area contributed by atoms with Crippen LogP contribution < -0.4 is 5.32 Å². The third-order valence-corrected chi connectivity index (χ3v) is 5.53. The lowest BCUT2D eigenvalue weighted by Gasteiger charge is -2.07. The highest BCUT2D eigenvalue weighted by Gasteiger charge is 2.18. The molecule has 4 nitrogen and oxygen atoms in total.